The van der Waals surface area contributed by atoms with Crippen molar-refractivity contribution in [3.63, 3.8) is 0 Å². The van der Waals surface area contributed by atoms with Gasteiger partial charge in [-0.1, -0.05) is 23.7 Å². The lowest BCUT2D eigenvalue weighted by Gasteiger charge is -2.17. The number of rotatable bonds is 3. The molecule has 0 radical (unpaired) electrons. The fourth-order valence-electron chi connectivity index (χ4n) is 2.79. The molecule has 1 atom stereocenters. The summed E-state index contributed by atoms with van der Waals surface area (Å²) in [6.07, 6.45) is -4.51. The first-order valence-corrected chi connectivity index (χ1v) is 8.16. The van der Waals surface area contributed by atoms with Gasteiger partial charge in [0.05, 0.1) is 11.5 Å². The van der Waals surface area contributed by atoms with Gasteiger partial charge in [0.1, 0.15) is 0 Å². The van der Waals surface area contributed by atoms with Crippen LogP contribution in [0, 0.1) is 5.92 Å². The number of anilines is 2. The molecule has 1 heterocycles. The van der Waals surface area contributed by atoms with Crippen LogP contribution in [-0.2, 0) is 15.8 Å². The van der Waals surface area contributed by atoms with Gasteiger partial charge in [-0.25, -0.2) is 0 Å². The third kappa shape index (κ3) is 3.99. The molecular weight excluding hydrogens is 369 g/mol. The number of hydrogen-bond donors (Lipinski definition) is 1. The molecule has 1 N–H and O–H groups in total. The Morgan fingerprint density at radius 2 is 1.88 bits per heavy atom. The molecule has 4 nitrogen and oxygen atoms in total. The molecule has 8 heteroatoms. The van der Waals surface area contributed by atoms with Crippen LogP contribution in [0.3, 0.4) is 0 Å². The number of nitrogens with zero attached hydrogens (tertiary/aromatic N) is 1. The molecule has 0 aromatic heterocycles. The van der Waals surface area contributed by atoms with E-state index in [0.29, 0.717) is 10.7 Å². The second-order valence-electron chi connectivity index (χ2n) is 5.95. The quantitative estimate of drug-likeness (QED) is 0.858. The molecule has 0 aliphatic carbocycles. The van der Waals surface area contributed by atoms with Crippen LogP contribution in [0.15, 0.2) is 48.5 Å². The topological polar surface area (TPSA) is 49.4 Å². The van der Waals surface area contributed by atoms with Gasteiger partial charge >= 0.3 is 6.18 Å². The van der Waals surface area contributed by atoms with Gasteiger partial charge < -0.3 is 10.2 Å². The SMILES string of the molecule is O=C(Nc1cccc(C(F)(F)F)c1)[C@@H]1CC(=O)N(c2cccc(Cl)c2)C1. The van der Waals surface area contributed by atoms with E-state index in [4.69, 9.17) is 11.6 Å². The first-order chi connectivity index (χ1) is 12.2. The average Bonchev–Trinajstić information content (AvgIpc) is 2.96. The number of carbonyl (C=O) groups is 2. The molecule has 1 fully saturated rings. The Balaban J connectivity index is 1.71. The van der Waals surface area contributed by atoms with E-state index < -0.39 is 23.6 Å². The lowest BCUT2D eigenvalue weighted by atomic mass is 10.1. The number of hydrogen-bond acceptors (Lipinski definition) is 2. The van der Waals surface area contributed by atoms with Crippen LogP contribution >= 0.6 is 11.6 Å². The van der Waals surface area contributed by atoms with Crippen LogP contribution in [0.5, 0.6) is 0 Å². The largest absolute Gasteiger partial charge is 0.416 e. The molecule has 2 aromatic rings. The van der Waals surface area contributed by atoms with Crippen LogP contribution in [-0.4, -0.2) is 18.4 Å². The number of nitrogens with one attached hydrogen (secondary N) is 1. The van der Waals surface area contributed by atoms with Crippen molar-refractivity contribution in [1.82, 2.24) is 0 Å². The second-order valence-corrected chi connectivity index (χ2v) is 6.39. The summed E-state index contributed by atoms with van der Waals surface area (Å²) < 4.78 is 38.3. The van der Waals surface area contributed by atoms with E-state index >= 15 is 0 Å². The minimum Gasteiger partial charge on any atom is -0.326 e. The molecule has 0 bridgehead atoms. The third-order valence-corrected chi connectivity index (χ3v) is 4.31. The molecule has 136 valence electrons. The van der Waals surface area contributed by atoms with Crippen LogP contribution in [0.2, 0.25) is 5.02 Å². The number of alkyl halides is 3. The van der Waals surface area contributed by atoms with Crippen molar-refractivity contribution in [3.8, 4) is 0 Å². The maximum atomic E-state index is 12.8. The van der Waals surface area contributed by atoms with Gasteiger partial charge in [-0.2, -0.15) is 13.2 Å². The standard InChI is InChI=1S/C18H14ClF3N2O2/c19-13-4-2-6-15(9-13)24-10-11(7-16(24)25)17(26)23-14-5-1-3-12(8-14)18(20,21)22/h1-6,8-9,11H,7,10H2,(H,23,26)/t11-/m1/s1. The molecule has 1 aliphatic rings. The highest BCUT2D eigenvalue weighted by Crippen LogP contribution is 2.31. The third-order valence-electron chi connectivity index (χ3n) is 4.07. The van der Waals surface area contributed by atoms with Crippen molar-refractivity contribution < 1.29 is 22.8 Å². The Labute approximate surface area is 152 Å². The summed E-state index contributed by atoms with van der Waals surface area (Å²) in [5.41, 5.74) is -0.228. The summed E-state index contributed by atoms with van der Waals surface area (Å²) in [4.78, 5) is 26.0. The normalized spacial score (nSPS) is 17.5. The Bertz CT molecular complexity index is 854. The highest BCUT2D eigenvalue weighted by Gasteiger charge is 2.35. The zero-order valence-corrected chi connectivity index (χ0v) is 14.1. The number of benzene rings is 2. The lowest BCUT2D eigenvalue weighted by Crippen LogP contribution is -2.28. The van der Waals surface area contributed by atoms with Crippen molar-refractivity contribution in [3.05, 3.63) is 59.1 Å². The lowest BCUT2D eigenvalue weighted by molar-refractivity contribution is -0.137. The molecule has 2 amide bonds. The summed E-state index contributed by atoms with van der Waals surface area (Å²) in [7, 11) is 0. The van der Waals surface area contributed by atoms with Crippen LogP contribution in [0.1, 0.15) is 12.0 Å². The molecule has 0 spiro atoms. The summed E-state index contributed by atoms with van der Waals surface area (Å²) >= 11 is 5.92. The van der Waals surface area contributed by atoms with Gasteiger partial charge in [-0.3, -0.25) is 9.59 Å². The fraction of sp³-hybridized carbons (Fsp3) is 0.222. The highest BCUT2D eigenvalue weighted by atomic mass is 35.5. The number of amides is 2. The molecule has 0 unspecified atom stereocenters. The predicted molar refractivity (Wildman–Crippen MR) is 92.0 cm³/mol. The van der Waals surface area contributed by atoms with Gasteiger partial charge in [0.2, 0.25) is 11.8 Å². The summed E-state index contributed by atoms with van der Waals surface area (Å²) in [6, 6.07) is 11.1. The Morgan fingerprint density at radius 3 is 2.58 bits per heavy atom. The van der Waals surface area contributed by atoms with Crippen molar-refractivity contribution >= 4 is 34.8 Å². The molecule has 26 heavy (non-hydrogen) atoms. The Hall–Kier alpha value is -2.54. The van der Waals surface area contributed by atoms with Gasteiger partial charge in [0, 0.05) is 29.4 Å². The van der Waals surface area contributed by atoms with Crippen LogP contribution < -0.4 is 10.2 Å². The zero-order valence-electron chi connectivity index (χ0n) is 13.4. The van der Waals surface area contributed by atoms with Gasteiger partial charge in [-0.15, -0.1) is 0 Å². The number of carbonyl (C=O) groups excluding carboxylic acids is 2. The van der Waals surface area contributed by atoms with Crippen molar-refractivity contribution in [2.24, 2.45) is 5.92 Å². The zero-order chi connectivity index (χ0) is 18.9. The average molecular weight is 383 g/mol. The maximum absolute atomic E-state index is 12.8. The summed E-state index contributed by atoms with van der Waals surface area (Å²) in [5, 5.41) is 2.92. The van der Waals surface area contributed by atoms with Crippen molar-refractivity contribution in [1.29, 1.82) is 0 Å². The van der Waals surface area contributed by atoms with Crippen molar-refractivity contribution in [2.75, 3.05) is 16.8 Å². The van der Waals surface area contributed by atoms with Crippen molar-refractivity contribution in [2.45, 2.75) is 12.6 Å². The van der Waals surface area contributed by atoms with E-state index in [1.165, 1.54) is 17.0 Å². The van der Waals surface area contributed by atoms with E-state index in [-0.39, 0.29) is 24.6 Å². The van der Waals surface area contributed by atoms with Gasteiger partial charge in [0.25, 0.3) is 0 Å². The van der Waals surface area contributed by atoms with Gasteiger partial charge in [0.15, 0.2) is 0 Å². The fourth-order valence-corrected chi connectivity index (χ4v) is 2.98. The van der Waals surface area contributed by atoms with Gasteiger partial charge in [-0.05, 0) is 36.4 Å². The molecule has 3 rings (SSSR count). The van der Waals surface area contributed by atoms with E-state index in [1.54, 1.807) is 24.3 Å². The minimum absolute atomic E-state index is 0.0166. The maximum Gasteiger partial charge on any atom is 0.416 e. The second kappa shape index (κ2) is 6.99. The van der Waals surface area contributed by atoms with Crippen LogP contribution in [0.4, 0.5) is 24.5 Å². The summed E-state index contributed by atoms with van der Waals surface area (Å²) in [6.45, 7) is 0.143. The number of halogens is 4. The Kier molecular flexibility index (Phi) is 4.91. The minimum atomic E-state index is -4.49. The monoisotopic (exact) mass is 382 g/mol. The van der Waals surface area contributed by atoms with E-state index in [1.807, 2.05) is 0 Å². The molecule has 1 saturated heterocycles. The first-order valence-electron chi connectivity index (χ1n) is 7.78. The Morgan fingerprint density at radius 1 is 1.15 bits per heavy atom. The van der Waals surface area contributed by atoms with E-state index in [9.17, 15) is 22.8 Å². The summed E-state index contributed by atoms with van der Waals surface area (Å²) in [5.74, 6) is -1.39. The highest BCUT2D eigenvalue weighted by molar-refractivity contribution is 6.31. The smallest absolute Gasteiger partial charge is 0.326 e. The molecular formula is C18H14ClF3N2O2. The van der Waals surface area contributed by atoms with E-state index in [0.717, 1.165) is 12.1 Å². The predicted octanol–water partition coefficient (Wildman–Crippen LogP) is 4.35. The molecule has 1 aliphatic heterocycles. The molecule has 0 saturated carbocycles. The van der Waals surface area contributed by atoms with Crippen LogP contribution in [0.25, 0.3) is 0 Å². The van der Waals surface area contributed by atoms with E-state index in [2.05, 4.69) is 5.32 Å². The molecule has 2 aromatic carbocycles. The first kappa shape index (κ1) is 18.3.